The van der Waals surface area contributed by atoms with E-state index in [9.17, 15) is 14.7 Å². The zero-order valence-corrected chi connectivity index (χ0v) is 9.89. The maximum atomic E-state index is 12.4. The molecule has 3 aliphatic rings. The predicted molar refractivity (Wildman–Crippen MR) is 65.4 cm³/mol. The van der Waals surface area contributed by atoms with E-state index in [4.69, 9.17) is 4.74 Å². The summed E-state index contributed by atoms with van der Waals surface area (Å²) in [4.78, 5) is 25.9. The summed E-state index contributed by atoms with van der Waals surface area (Å²) in [5.41, 5.74) is 0.256. The minimum atomic E-state index is -0.442. The van der Waals surface area contributed by atoms with Crippen molar-refractivity contribution in [3.63, 3.8) is 0 Å². The molecule has 3 aliphatic heterocycles. The number of hydrogen-bond donors (Lipinski definition) is 1. The van der Waals surface area contributed by atoms with Crippen molar-refractivity contribution >= 4 is 17.5 Å². The summed E-state index contributed by atoms with van der Waals surface area (Å²) in [5, 5.41) is 9.82. The van der Waals surface area contributed by atoms with Crippen LogP contribution in [0.2, 0.25) is 0 Å². The minimum absolute atomic E-state index is 0.0644. The van der Waals surface area contributed by atoms with Crippen molar-refractivity contribution in [2.45, 2.75) is 12.2 Å². The molecule has 2 amide bonds. The Bertz CT molecular complexity index is 594. The highest BCUT2D eigenvalue weighted by molar-refractivity contribution is 6.23. The standard InChI is InChI=1S/C14H11NO4/c16-8-4-2-1-3-7(8)15-13(17)11-9-5-6-10(19-9)12(11)14(15)18/h1-6,9-12,16H/t9-,10-,11-,12-/m1/s1. The number of para-hydroxylation sites is 2. The fourth-order valence-electron chi connectivity index (χ4n) is 3.19. The lowest BCUT2D eigenvalue weighted by Gasteiger charge is -2.18. The van der Waals surface area contributed by atoms with Crippen molar-refractivity contribution in [1.29, 1.82) is 0 Å². The number of fused-ring (bicyclic) bond motifs is 5. The van der Waals surface area contributed by atoms with Crippen LogP contribution in [-0.2, 0) is 14.3 Å². The molecule has 0 saturated carbocycles. The van der Waals surface area contributed by atoms with E-state index in [0.717, 1.165) is 4.90 Å². The van der Waals surface area contributed by atoms with Gasteiger partial charge in [0.15, 0.2) is 0 Å². The average Bonchev–Trinajstić information content (AvgIpc) is 3.06. The van der Waals surface area contributed by atoms with Crippen molar-refractivity contribution in [1.82, 2.24) is 0 Å². The molecule has 0 unspecified atom stereocenters. The molecule has 4 atom stereocenters. The molecule has 0 aromatic heterocycles. The third-order valence-corrected chi connectivity index (χ3v) is 4.03. The summed E-state index contributed by atoms with van der Waals surface area (Å²) in [5.74, 6) is -1.52. The summed E-state index contributed by atoms with van der Waals surface area (Å²) >= 11 is 0. The van der Waals surface area contributed by atoms with Gasteiger partial charge in [-0.2, -0.15) is 0 Å². The smallest absolute Gasteiger partial charge is 0.240 e. The summed E-state index contributed by atoms with van der Waals surface area (Å²) < 4.78 is 5.55. The Balaban J connectivity index is 1.79. The molecule has 5 nitrogen and oxygen atoms in total. The van der Waals surface area contributed by atoms with Gasteiger partial charge >= 0.3 is 0 Å². The molecule has 2 fully saturated rings. The van der Waals surface area contributed by atoms with Crippen molar-refractivity contribution in [3.05, 3.63) is 36.4 Å². The number of carbonyl (C=O) groups excluding carboxylic acids is 2. The van der Waals surface area contributed by atoms with Crippen LogP contribution in [0.4, 0.5) is 5.69 Å². The van der Waals surface area contributed by atoms with Crippen LogP contribution in [0.25, 0.3) is 0 Å². The Morgan fingerprint density at radius 2 is 1.58 bits per heavy atom. The Labute approximate surface area is 109 Å². The Morgan fingerprint density at radius 1 is 1.00 bits per heavy atom. The lowest BCUT2D eigenvalue weighted by Crippen LogP contribution is -2.34. The van der Waals surface area contributed by atoms with E-state index in [0.29, 0.717) is 0 Å². The van der Waals surface area contributed by atoms with Gasteiger partial charge in [-0.25, -0.2) is 4.90 Å². The summed E-state index contributed by atoms with van der Waals surface area (Å²) in [6.45, 7) is 0. The molecule has 1 aromatic rings. The van der Waals surface area contributed by atoms with E-state index in [1.165, 1.54) is 6.07 Å². The maximum absolute atomic E-state index is 12.4. The minimum Gasteiger partial charge on any atom is -0.506 e. The van der Waals surface area contributed by atoms with Gasteiger partial charge < -0.3 is 9.84 Å². The average molecular weight is 257 g/mol. The number of anilines is 1. The van der Waals surface area contributed by atoms with Gasteiger partial charge in [0.05, 0.1) is 29.7 Å². The van der Waals surface area contributed by atoms with Gasteiger partial charge in [0.1, 0.15) is 5.75 Å². The van der Waals surface area contributed by atoms with E-state index >= 15 is 0 Å². The number of imide groups is 1. The molecule has 1 N–H and O–H groups in total. The first kappa shape index (κ1) is 10.8. The van der Waals surface area contributed by atoms with Crippen LogP contribution >= 0.6 is 0 Å². The van der Waals surface area contributed by atoms with Crippen molar-refractivity contribution in [2.75, 3.05) is 4.90 Å². The lowest BCUT2D eigenvalue weighted by molar-refractivity contribution is -0.124. The van der Waals surface area contributed by atoms with E-state index in [2.05, 4.69) is 0 Å². The number of nitrogens with zero attached hydrogens (tertiary/aromatic N) is 1. The van der Waals surface area contributed by atoms with Crippen LogP contribution in [0.1, 0.15) is 0 Å². The normalized spacial score (nSPS) is 35.3. The lowest BCUT2D eigenvalue weighted by atomic mass is 9.85. The van der Waals surface area contributed by atoms with Crippen molar-refractivity contribution in [2.24, 2.45) is 11.8 Å². The van der Waals surface area contributed by atoms with Crippen molar-refractivity contribution in [3.8, 4) is 5.75 Å². The summed E-state index contributed by atoms with van der Waals surface area (Å²) in [7, 11) is 0. The van der Waals surface area contributed by atoms with Crippen LogP contribution in [0.15, 0.2) is 36.4 Å². The second kappa shape index (κ2) is 3.45. The first-order chi connectivity index (χ1) is 9.18. The third-order valence-electron chi connectivity index (χ3n) is 4.03. The molecule has 2 saturated heterocycles. The molecule has 0 aliphatic carbocycles. The Morgan fingerprint density at radius 3 is 2.16 bits per heavy atom. The molecule has 0 spiro atoms. The predicted octanol–water partition coefficient (Wildman–Crippen LogP) is 0.835. The van der Waals surface area contributed by atoms with Crippen LogP contribution in [0.5, 0.6) is 5.75 Å². The van der Waals surface area contributed by atoms with Gasteiger partial charge in [0.2, 0.25) is 11.8 Å². The second-order valence-electron chi connectivity index (χ2n) is 5.00. The summed E-state index contributed by atoms with van der Waals surface area (Å²) in [6, 6.07) is 6.38. The van der Waals surface area contributed by atoms with Crippen LogP contribution in [0.3, 0.4) is 0 Å². The Hall–Kier alpha value is -2.14. The highest BCUT2D eigenvalue weighted by Gasteiger charge is 2.61. The molecule has 96 valence electrons. The molecular weight excluding hydrogens is 246 g/mol. The SMILES string of the molecule is O=C1[C@H]2[C@H](C(=O)N1c1ccccc1O)[C@H]1C=C[C@H]2O1. The summed E-state index contributed by atoms with van der Waals surface area (Å²) in [6.07, 6.45) is 3.07. The quantitative estimate of drug-likeness (QED) is 0.598. The van der Waals surface area contributed by atoms with E-state index in [1.54, 1.807) is 18.2 Å². The zero-order valence-electron chi connectivity index (χ0n) is 9.89. The fourth-order valence-corrected chi connectivity index (χ4v) is 3.19. The highest BCUT2D eigenvalue weighted by atomic mass is 16.5. The number of phenolic OH excluding ortho intramolecular Hbond substituents is 1. The first-order valence-corrected chi connectivity index (χ1v) is 6.18. The highest BCUT2D eigenvalue weighted by Crippen LogP contribution is 2.47. The monoisotopic (exact) mass is 257 g/mol. The van der Waals surface area contributed by atoms with Crippen LogP contribution < -0.4 is 4.90 Å². The number of amides is 2. The first-order valence-electron chi connectivity index (χ1n) is 6.18. The van der Waals surface area contributed by atoms with E-state index in [-0.39, 0.29) is 35.5 Å². The van der Waals surface area contributed by atoms with Gasteiger partial charge in [0, 0.05) is 0 Å². The van der Waals surface area contributed by atoms with Gasteiger partial charge in [0.25, 0.3) is 0 Å². The number of benzene rings is 1. The maximum Gasteiger partial charge on any atom is 0.240 e. The molecule has 3 heterocycles. The number of hydrogen-bond acceptors (Lipinski definition) is 4. The number of carbonyl (C=O) groups is 2. The number of rotatable bonds is 1. The van der Waals surface area contributed by atoms with Crippen LogP contribution in [0, 0.1) is 11.8 Å². The number of phenols is 1. The molecule has 4 rings (SSSR count). The fraction of sp³-hybridized carbons (Fsp3) is 0.286. The van der Waals surface area contributed by atoms with Gasteiger partial charge in [-0.1, -0.05) is 24.3 Å². The number of aromatic hydroxyl groups is 1. The van der Waals surface area contributed by atoms with Crippen molar-refractivity contribution < 1.29 is 19.4 Å². The topological polar surface area (TPSA) is 66.8 Å². The second-order valence-corrected chi connectivity index (χ2v) is 5.00. The largest absolute Gasteiger partial charge is 0.506 e. The molecule has 2 bridgehead atoms. The van der Waals surface area contributed by atoms with Crippen LogP contribution in [-0.4, -0.2) is 29.1 Å². The van der Waals surface area contributed by atoms with Gasteiger partial charge in [-0.15, -0.1) is 0 Å². The number of ether oxygens (including phenoxy) is 1. The Kier molecular flexibility index (Phi) is 1.95. The zero-order chi connectivity index (χ0) is 13.1. The molecule has 19 heavy (non-hydrogen) atoms. The molecule has 0 radical (unpaired) electrons. The molecule has 5 heteroatoms. The van der Waals surface area contributed by atoms with Gasteiger partial charge in [-0.3, -0.25) is 9.59 Å². The van der Waals surface area contributed by atoms with E-state index < -0.39 is 11.8 Å². The van der Waals surface area contributed by atoms with Gasteiger partial charge in [-0.05, 0) is 12.1 Å². The third kappa shape index (κ3) is 1.23. The van der Waals surface area contributed by atoms with E-state index in [1.807, 2.05) is 12.2 Å². The molecule has 1 aromatic carbocycles. The molecular formula is C14H11NO4.